The molecule has 0 aliphatic rings. The summed E-state index contributed by atoms with van der Waals surface area (Å²) >= 11 is 0. The van der Waals surface area contributed by atoms with E-state index in [-0.39, 0.29) is 22.1 Å². The van der Waals surface area contributed by atoms with Crippen LogP contribution in [0.4, 0.5) is 0 Å². The van der Waals surface area contributed by atoms with Crippen LogP contribution >= 0.6 is 0 Å². The molecule has 0 bridgehead atoms. The summed E-state index contributed by atoms with van der Waals surface area (Å²) in [6.45, 7) is 4.52. The first-order chi connectivity index (χ1) is 9.14. The second-order valence-electron chi connectivity index (χ2n) is 5.06. The number of hydrogen-bond acceptors (Lipinski definition) is 4. The first kappa shape index (κ1) is 19.1. The lowest BCUT2D eigenvalue weighted by Crippen LogP contribution is -2.23. The van der Waals surface area contributed by atoms with Crippen LogP contribution in [0.25, 0.3) is 0 Å². The van der Waals surface area contributed by atoms with Gasteiger partial charge in [0.2, 0.25) is 0 Å². The smallest absolute Gasteiger partial charge is 0.156 e. The van der Waals surface area contributed by atoms with Gasteiger partial charge in [0.25, 0.3) is 0 Å². The van der Waals surface area contributed by atoms with Crippen LogP contribution in [0.1, 0.15) is 39.5 Å². The van der Waals surface area contributed by atoms with Crippen molar-refractivity contribution in [2.45, 2.75) is 63.2 Å². The highest BCUT2D eigenvalue weighted by Crippen LogP contribution is 2.28. The van der Waals surface area contributed by atoms with Crippen molar-refractivity contribution in [1.82, 2.24) is 0 Å². The fourth-order valence-corrected chi connectivity index (χ4v) is 4.99. The van der Waals surface area contributed by atoms with Crippen molar-refractivity contribution < 1.29 is 18.9 Å². The number of hydrogen-bond donors (Lipinski definition) is 0. The fourth-order valence-electron chi connectivity index (χ4n) is 2.45. The Morgan fingerprint density at radius 2 is 1.00 bits per heavy atom. The SMILES string of the molecule is CCC(CC(OC)OC)[SiH2]C(CC)CC(OC)OC. The van der Waals surface area contributed by atoms with Gasteiger partial charge in [0.15, 0.2) is 12.6 Å². The number of ether oxygens (including phenoxy) is 4. The monoisotopic (exact) mass is 292 g/mol. The largest absolute Gasteiger partial charge is 0.356 e. The van der Waals surface area contributed by atoms with Crippen LogP contribution in [-0.2, 0) is 18.9 Å². The highest BCUT2D eigenvalue weighted by Gasteiger charge is 2.21. The lowest BCUT2D eigenvalue weighted by atomic mass is 10.2. The molecule has 0 aliphatic carbocycles. The van der Waals surface area contributed by atoms with E-state index in [0.29, 0.717) is 0 Å². The summed E-state index contributed by atoms with van der Waals surface area (Å²) in [5.41, 5.74) is 1.51. The molecule has 0 aromatic rings. The summed E-state index contributed by atoms with van der Waals surface area (Å²) in [4.78, 5) is 0. The topological polar surface area (TPSA) is 36.9 Å². The van der Waals surface area contributed by atoms with E-state index in [1.807, 2.05) is 0 Å². The van der Waals surface area contributed by atoms with E-state index < -0.39 is 0 Å². The Balaban J connectivity index is 4.30. The van der Waals surface area contributed by atoms with E-state index in [1.54, 1.807) is 28.4 Å². The van der Waals surface area contributed by atoms with Crippen molar-refractivity contribution in [3.05, 3.63) is 0 Å². The molecule has 4 nitrogen and oxygen atoms in total. The van der Waals surface area contributed by atoms with Gasteiger partial charge in [-0.05, 0) is 23.9 Å². The average Bonchev–Trinajstić information content (AvgIpc) is 2.46. The Kier molecular flexibility index (Phi) is 11.9. The summed E-state index contributed by atoms with van der Waals surface area (Å²) in [6, 6.07) is 0. The minimum Gasteiger partial charge on any atom is -0.356 e. The van der Waals surface area contributed by atoms with Crippen molar-refractivity contribution in [3.8, 4) is 0 Å². The molecule has 0 fully saturated rings. The predicted molar refractivity (Wildman–Crippen MR) is 81.5 cm³/mol. The first-order valence-electron chi connectivity index (χ1n) is 7.26. The van der Waals surface area contributed by atoms with Crippen molar-refractivity contribution in [1.29, 1.82) is 0 Å². The van der Waals surface area contributed by atoms with E-state index >= 15 is 0 Å². The van der Waals surface area contributed by atoms with Gasteiger partial charge in [-0.1, -0.05) is 26.7 Å². The highest BCUT2D eigenvalue weighted by molar-refractivity contribution is 6.39. The summed E-state index contributed by atoms with van der Waals surface area (Å²) in [5, 5.41) is 0. The fraction of sp³-hybridized carbons (Fsp3) is 1.00. The number of methoxy groups -OCH3 is 4. The third kappa shape index (κ3) is 8.04. The molecule has 0 radical (unpaired) electrons. The molecule has 5 heteroatoms. The lowest BCUT2D eigenvalue weighted by Gasteiger charge is -2.26. The van der Waals surface area contributed by atoms with E-state index in [0.717, 1.165) is 23.9 Å². The van der Waals surface area contributed by atoms with Crippen LogP contribution in [0.3, 0.4) is 0 Å². The Morgan fingerprint density at radius 1 is 0.684 bits per heavy atom. The average molecular weight is 292 g/mol. The third-order valence-electron chi connectivity index (χ3n) is 3.92. The Bertz CT molecular complexity index is 176. The highest BCUT2D eigenvalue weighted by atomic mass is 28.2. The molecular formula is C14H32O4Si. The maximum absolute atomic E-state index is 5.32. The minimum absolute atomic E-state index is 0.0596. The Morgan fingerprint density at radius 3 is 1.21 bits per heavy atom. The van der Waals surface area contributed by atoms with Crippen molar-refractivity contribution in [3.63, 3.8) is 0 Å². The summed E-state index contributed by atoms with van der Waals surface area (Å²) in [5.74, 6) is 0. The van der Waals surface area contributed by atoms with Gasteiger partial charge in [-0.3, -0.25) is 0 Å². The van der Waals surface area contributed by atoms with Gasteiger partial charge < -0.3 is 18.9 Å². The molecular weight excluding hydrogens is 260 g/mol. The van der Waals surface area contributed by atoms with Gasteiger partial charge in [0, 0.05) is 38.0 Å². The second kappa shape index (κ2) is 11.8. The molecule has 0 aromatic carbocycles. The van der Waals surface area contributed by atoms with Crippen LogP contribution in [0.5, 0.6) is 0 Å². The summed E-state index contributed by atoms with van der Waals surface area (Å²) in [7, 11) is 6.65. The summed E-state index contributed by atoms with van der Waals surface area (Å²) < 4.78 is 21.3. The van der Waals surface area contributed by atoms with Crippen LogP contribution in [0.2, 0.25) is 11.1 Å². The van der Waals surface area contributed by atoms with Crippen LogP contribution in [0.15, 0.2) is 0 Å². The van der Waals surface area contributed by atoms with Crippen LogP contribution in [0, 0.1) is 0 Å². The zero-order chi connectivity index (χ0) is 14.7. The van der Waals surface area contributed by atoms with E-state index in [1.165, 1.54) is 12.8 Å². The quantitative estimate of drug-likeness (QED) is 0.409. The zero-order valence-electron chi connectivity index (χ0n) is 13.5. The van der Waals surface area contributed by atoms with Crippen LogP contribution < -0.4 is 0 Å². The van der Waals surface area contributed by atoms with E-state index in [4.69, 9.17) is 18.9 Å². The van der Waals surface area contributed by atoms with Crippen molar-refractivity contribution in [2.75, 3.05) is 28.4 Å². The molecule has 2 unspecified atom stereocenters. The van der Waals surface area contributed by atoms with Crippen molar-refractivity contribution in [2.24, 2.45) is 0 Å². The molecule has 0 amide bonds. The Labute approximate surface area is 121 Å². The molecule has 2 atom stereocenters. The van der Waals surface area contributed by atoms with Gasteiger partial charge in [-0.2, -0.15) is 0 Å². The molecule has 0 N–H and O–H groups in total. The standard InChI is InChI=1S/C14H32O4Si/c1-7-11(9-13(15-3)16-4)19-12(8-2)10-14(17-5)18-6/h11-14H,7-10,19H2,1-6H3. The van der Waals surface area contributed by atoms with Gasteiger partial charge in [-0.15, -0.1) is 0 Å². The molecule has 0 heterocycles. The third-order valence-corrected chi connectivity index (χ3v) is 7.08. The Hall–Kier alpha value is 0.0569. The molecule has 0 spiro atoms. The second-order valence-corrected chi connectivity index (χ2v) is 7.84. The molecule has 0 saturated carbocycles. The zero-order valence-corrected chi connectivity index (χ0v) is 14.9. The van der Waals surface area contributed by atoms with E-state index in [9.17, 15) is 0 Å². The van der Waals surface area contributed by atoms with Crippen LogP contribution in [-0.4, -0.2) is 50.5 Å². The summed E-state index contributed by atoms with van der Waals surface area (Å²) in [6.07, 6.45) is 4.31. The molecule has 116 valence electrons. The normalized spacial score (nSPS) is 15.8. The maximum atomic E-state index is 5.32. The lowest BCUT2D eigenvalue weighted by molar-refractivity contribution is -0.108. The maximum Gasteiger partial charge on any atom is 0.156 e. The minimum atomic E-state index is -0.204. The first-order valence-corrected chi connectivity index (χ1v) is 8.89. The molecule has 19 heavy (non-hydrogen) atoms. The number of rotatable bonds is 12. The molecule has 0 saturated heterocycles. The molecule has 0 rings (SSSR count). The molecule has 0 aromatic heterocycles. The predicted octanol–water partition coefficient (Wildman–Crippen LogP) is 2.57. The van der Waals surface area contributed by atoms with Crippen molar-refractivity contribution >= 4 is 9.52 Å². The van der Waals surface area contributed by atoms with E-state index in [2.05, 4.69) is 13.8 Å². The van der Waals surface area contributed by atoms with Gasteiger partial charge >= 0.3 is 0 Å². The van der Waals surface area contributed by atoms with Gasteiger partial charge in [0.1, 0.15) is 0 Å². The van der Waals surface area contributed by atoms with Gasteiger partial charge in [0.05, 0.1) is 0 Å². The van der Waals surface area contributed by atoms with Gasteiger partial charge in [-0.25, -0.2) is 0 Å². The molecule has 0 aliphatic heterocycles.